The number of aromatic nitrogens is 9. The summed E-state index contributed by atoms with van der Waals surface area (Å²) in [6.07, 6.45) is 0. The first kappa shape index (κ1) is 48.9. The molecule has 0 radical (unpaired) electrons. The first-order valence-electron chi connectivity index (χ1n) is 30.6. The quantitative estimate of drug-likeness (QED) is 0.160. The molecule has 13 aromatic carbocycles. The second-order valence-corrected chi connectivity index (χ2v) is 23.6. The fourth-order valence-corrected chi connectivity index (χ4v) is 15.1. The minimum Gasteiger partial charge on any atom is -0.309 e. The molecule has 9 nitrogen and oxygen atoms in total. The van der Waals surface area contributed by atoms with E-state index in [0.29, 0.717) is 17.7 Å². The van der Waals surface area contributed by atoms with Crippen LogP contribution in [-0.2, 0) is 0 Å². The molecule has 0 bridgehead atoms. The molecule has 0 spiro atoms. The van der Waals surface area contributed by atoms with Crippen molar-refractivity contribution < 1.29 is 0 Å². The van der Waals surface area contributed by atoms with Crippen LogP contribution in [0.4, 0.5) is 0 Å². The normalized spacial score (nSPS) is 12.2. The average molecular weight is 1150 g/mol. The molecule has 0 saturated carbocycles. The molecule has 7 heterocycles. The van der Waals surface area contributed by atoms with Crippen molar-refractivity contribution >= 4 is 131 Å². The minimum absolute atomic E-state index is 0.517. The number of para-hydroxylation sites is 9. The molecule has 9 heteroatoms. The van der Waals surface area contributed by atoms with Crippen LogP contribution in [0.2, 0.25) is 0 Å². The Morgan fingerprint density at radius 1 is 0.189 bits per heavy atom. The zero-order chi connectivity index (χ0) is 58.7. The Balaban J connectivity index is 0.854. The van der Waals surface area contributed by atoms with E-state index >= 15 is 0 Å². The highest BCUT2D eigenvalue weighted by Gasteiger charge is 2.26. The standard InChI is InChI=1S/C81H49N9/c1-4-22-51(23-5-1)85-71-39-21-15-33-61(71)77-72(85)45-44-60-55-28-10-18-36-68(55)88(78(60)77)54-42-40-50(41-43-54)79-82-80(89-69-37-19-13-31-58(69)64-46-73-62(48-75(64)89)56-29-11-16-34-66(56)86(73)52-24-6-2-7-25-52)84-81(83-79)90-70-38-20-14-32-59(70)65-47-74-63(49-76(65)90)57-30-12-17-35-67(57)87(74)53-26-8-3-9-27-53/h1-49H. The number of rotatable bonds is 7. The maximum absolute atomic E-state index is 5.73. The summed E-state index contributed by atoms with van der Waals surface area (Å²) in [6, 6.07) is 107. The topological polar surface area (TPSA) is 68.2 Å². The number of nitrogens with zero attached hydrogens (tertiary/aromatic N) is 9. The Hall–Kier alpha value is -12.3. The molecule has 0 N–H and O–H groups in total. The van der Waals surface area contributed by atoms with Crippen molar-refractivity contribution in [3.63, 3.8) is 0 Å². The zero-order valence-electron chi connectivity index (χ0n) is 48.3. The molecule has 0 saturated heterocycles. The smallest absolute Gasteiger partial charge is 0.240 e. The molecule has 0 atom stereocenters. The molecular formula is C81H49N9. The van der Waals surface area contributed by atoms with Crippen LogP contribution in [0.1, 0.15) is 0 Å². The molecule has 20 rings (SSSR count). The maximum atomic E-state index is 5.73. The molecule has 0 aliphatic rings. The van der Waals surface area contributed by atoms with Crippen LogP contribution in [-0.4, -0.2) is 42.4 Å². The van der Waals surface area contributed by atoms with Gasteiger partial charge in [-0.3, -0.25) is 9.13 Å². The predicted octanol–water partition coefficient (Wildman–Crippen LogP) is 20.1. The second kappa shape index (κ2) is 18.6. The number of fused-ring (bicyclic) bond motifs is 19. The molecule has 0 aliphatic heterocycles. The van der Waals surface area contributed by atoms with Crippen molar-refractivity contribution in [1.29, 1.82) is 0 Å². The molecule has 0 aliphatic carbocycles. The number of hydrogen-bond acceptors (Lipinski definition) is 3. The van der Waals surface area contributed by atoms with Gasteiger partial charge in [0.15, 0.2) is 5.82 Å². The van der Waals surface area contributed by atoms with Gasteiger partial charge in [-0.25, -0.2) is 0 Å². The van der Waals surface area contributed by atoms with Crippen LogP contribution in [0.15, 0.2) is 297 Å². The van der Waals surface area contributed by atoms with E-state index in [4.69, 9.17) is 15.0 Å². The van der Waals surface area contributed by atoms with Gasteiger partial charge in [0.05, 0.1) is 66.2 Å². The van der Waals surface area contributed by atoms with E-state index in [2.05, 4.69) is 325 Å². The van der Waals surface area contributed by atoms with Crippen LogP contribution in [0.3, 0.4) is 0 Å². The first-order valence-corrected chi connectivity index (χ1v) is 30.6. The summed E-state index contributed by atoms with van der Waals surface area (Å²) in [7, 11) is 0. The van der Waals surface area contributed by atoms with Gasteiger partial charge >= 0.3 is 0 Å². The molecular weight excluding hydrogens is 1100 g/mol. The highest BCUT2D eigenvalue weighted by atomic mass is 15.3. The van der Waals surface area contributed by atoms with E-state index in [1.807, 2.05) is 0 Å². The third-order valence-electron chi connectivity index (χ3n) is 18.8. The summed E-state index contributed by atoms with van der Waals surface area (Å²) < 4.78 is 14.1. The second-order valence-electron chi connectivity index (χ2n) is 23.6. The highest BCUT2D eigenvalue weighted by molar-refractivity contribution is 6.27. The van der Waals surface area contributed by atoms with Gasteiger partial charge in [0.1, 0.15) is 0 Å². The van der Waals surface area contributed by atoms with Gasteiger partial charge in [0, 0.05) is 92.9 Å². The lowest BCUT2D eigenvalue weighted by molar-refractivity contribution is 0.893. The van der Waals surface area contributed by atoms with E-state index in [9.17, 15) is 0 Å². The summed E-state index contributed by atoms with van der Waals surface area (Å²) >= 11 is 0. The Bertz CT molecular complexity index is 6130. The fourth-order valence-electron chi connectivity index (χ4n) is 15.1. The highest BCUT2D eigenvalue weighted by Crippen LogP contribution is 2.45. The summed E-state index contributed by atoms with van der Waals surface area (Å²) in [5, 5.41) is 13.9. The van der Waals surface area contributed by atoms with Crippen LogP contribution in [0, 0.1) is 0 Å². The van der Waals surface area contributed by atoms with Crippen molar-refractivity contribution in [2.45, 2.75) is 0 Å². The predicted molar refractivity (Wildman–Crippen MR) is 371 cm³/mol. The maximum Gasteiger partial charge on any atom is 0.240 e. The van der Waals surface area contributed by atoms with Crippen molar-refractivity contribution in [2.75, 3.05) is 0 Å². The SMILES string of the molecule is c1ccc(-n2c3ccccc3c3cc4c(cc32)c2ccccc2n4-c2nc(-c3ccc(-n4c5ccccc5c5ccc6c(c7ccccc7n6-c6ccccc6)c54)cc3)nc(-n3c4ccccc4c4cc5c(cc43)c3ccccc3n5-c3ccccc3)n2)cc1. The van der Waals surface area contributed by atoms with Gasteiger partial charge in [-0.1, -0.05) is 170 Å². The fraction of sp³-hybridized carbons (Fsp3) is 0. The molecule has 0 amide bonds. The van der Waals surface area contributed by atoms with E-state index in [0.717, 1.165) is 127 Å². The first-order chi connectivity index (χ1) is 44.7. The van der Waals surface area contributed by atoms with Crippen molar-refractivity contribution in [3.8, 4) is 46.0 Å². The Labute approximate surface area is 513 Å². The van der Waals surface area contributed by atoms with E-state index in [1.54, 1.807) is 0 Å². The third-order valence-corrected chi connectivity index (χ3v) is 18.8. The van der Waals surface area contributed by atoms with Crippen LogP contribution >= 0.6 is 0 Å². The lowest BCUT2D eigenvalue weighted by Gasteiger charge is -2.14. The summed E-state index contributed by atoms with van der Waals surface area (Å²) in [5.41, 5.74) is 18.4. The largest absolute Gasteiger partial charge is 0.309 e. The molecule has 90 heavy (non-hydrogen) atoms. The lowest BCUT2D eigenvalue weighted by atomic mass is 10.1. The summed E-state index contributed by atoms with van der Waals surface area (Å²) in [6.45, 7) is 0. The van der Waals surface area contributed by atoms with E-state index in [-0.39, 0.29) is 0 Å². The molecule has 7 aromatic heterocycles. The monoisotopic (exact) mass is 1150 g/mol. The van der Waals surface area contributed by atoms with Crippen LogP contribution in [0.5, 0.6) is 0 Å². The van der Waals surface area contributed by atoms with E-state index < -0.39 is 0 Å². The zero-order valence-corrected chi connectivity index (χ0v) is 48.3. The Morgan fingerprint density at radius 3 is 0.922 bits per heavy atom. The van der Waals surface area contributed by atoms with Gasteiger partial charge in [-0.2, -0.15) is 15.0 Å². The van der Waals surface area contributed by atoms with E-state index in [1.165, 1.54) is 32.3 Å². The molecule has 0 fully saturated rings. The minimum atomic E-state index is 0.517. The van der Waals surface area contributed by atoms with Gasteiger partial charge in [0.2, 0.25) is 11.9 Å². The lowest BCUT2D eigenvalue weighted by Crippen LogP contribution is -2.10. The third kappa shape index (κ3) is 6.82. The summed E-state index contributed by atoms with van der Waals surface area (Å²) in [4.78, 5) is 17.0. The van der Waals surface area contributed by atoms with Crippen molar-refractivity contribution in [2.24, 2.45) is 0 Å². The van der Waals surface area contributed by atoms with Crippen molar-refractivity contribution in [1.82, 2.24) is 42.4 Å². The summed E-state index contributed by atoms with van der Waals surface area (Å²) in [5.74, 6) is 1.59. The molecule has 20 aromatic rings. The number of benzene rings is 13. The van der Waals surface area contributed by atoms with Gasteiger partial charge in [0.25, 0.3) is 0 Å². The number of hydrogen-bond donors (Lipinski definition) is 0. The van der Waals surface area contributed by atoms with Gasteiger partial charge in [-0.05, 0) is 127 Å². The Morgan fingerprint density at radius 2 is 0.500 bits per heavy atom. The van der Waals surface area contributed by atoms with Gasteiger partial charge in [-0.15, -0.1) is 0 Å². The van der Waals surface area contributed by atoms with Crippen LogP contribution in [0.25, 0.3) is 177 Å². The van der Waals surface area contributed by atoms with Gasteiger partial charge < -0.3 is 18.3 Å². The average Bonchev–Trinajstić information content (AvgIpc) is 1.63. The molecule has 0 unspecified atom stereocenters. The van der Waals surface area contributed by atoms with Crippen molar-refractivity contribution in [3.05, 3.63) is 297 Å². The van der Waals surface area contributed by atoms with Crippen LogP contribution < -0.4 is 0 Å². The Kier molecular flexibility index (Phi) is 10.1. The molecule has 418 valence electrons.